The molecule has 3 nitrogen and oxygen atoms in total. The average molecular weight is 193 g/mol. The lowest BCUT2D eigenvalue weighted by Gasteiger charge is -2.09. The first-order chi connectivity index (χ1) is 6.83. The first-order valence-corrected chi connectivity index (χ1v) is 4.29. The van der Waals surface area contributed by atoms with Crippen LogP contribution in [0, 0.1) is 0 Å². The summed E-state index contributed by atoms with van der Waals surface area (Å²) in [5, 5.41) is 10.3. The van der Waals surface area contributed by atoms with E-state index in [1.54, 1.807) is 20.3 Å². The minimum atomic E-state index is -0.236. The number of benzene rings is 1. The molecule has 0 unspecified atom stereocenters. The highest BCUT2D eigenvalue weighted by Crippen LogP contribution is 2.31. The molecule has 0 amide bonds. The number of hydrogen-bond acceptors (Lipinski definition) is 2. The second kappa shape index (κ2) is 5.29. The fourth-order valence-corrected chi connectivity index (χ4v) is 1.22. The van der Waals surface area contributed by atoms with Gasteiger partial charge in [0, 0.05) is 5.56 Å². The normalized spacial score (nSPS) is 10.5. The second-order valence-electron chi connectivity index (χ2n) is 2.65. The quantitative estimate of drug-likeness (QED) is 0.734. The average Bonchev–Trinajstić information content (AvgIpc) is 2.25. The predicted octanol–water partition coefficient (Wildman–Crippen LogP) is 2.15. The van der Waals surface area contributed by atoms with Crippen molar-refractivity contribution in [1.82, 2.24) is 0 Å². The summed E-state index contributed by atoms with van der Waals surface area (Å²) in [4.78, 5) is 0. The van der Waals surface area contributed by atoms with E-state index in [1.807, 2.05) is 18.2 Å². The summed E-state index contributed by atoms with van der Waals surface area (Å²) >= 11 is 0. The number of rotatable bonds is 4. The Morgan fingerprint density at radius 1 is 1.29 bits per heavy atom. The van der Waals surface area contributed by atoms with Crippen LogP contribution in [0.4, 0.5) is 0 Å². The van der Waals surface area contributed by atoms with E-state index in [1.165, 1.54) is 6.08 Å². The van der Waals surface area contributed by atoms with Gasteiger partial charge in [-0.1, -0.05) is 24.3 Å². The van der Waals surface area contributed by atoms with Crippen LogP contribution in [-0.4, -0.2) is 20.8 Å². The molecule has 3 heteroatoms. The molecule has 75 valence electrons. The van der Waals surface area contributed by atoms with Gasteiger partial charge in [-0.2, -0.15) is 0 Å². The third-order valence-corrected chi connectivity index (χ3v) is 1.83. The van der Waals surface area contributed by atoms with Gasteiger partial charge in [0.05, 0.1) is 14.2 Å². The zero-order chi connectivity index (χ0) is 10.4. The van der Waals surface area contributed by atoms with Gasteiger partial charge in [-0.25, -0.2) is 5.11 Å². The third kappa shape index (κ3) is 2.26. The number of ether oxygens (including phenoxy) is 2. The lowest BCUT2D eigenvalue weighted by molar-refractivity contribution is 0.233. The number of methoxy groups -OCH3 is 2. The Balaban J connectivity index is 3.08. The summed E-state index contributed by atoms with van der Waals surface area (Å²) in [6.07, 6.45) is 3.27. The van der Waals surface area contributed by atoms with Crippen LogP contribution >= 0.6 is 0 Å². The summed E-state index contributed by atoms with van der Waals surface area (Å²) in [7, 11) is 3.16. The van der Waals surface area contributed by atoms with Crippen molar-refractivity contribution < 1.29 is 14.6 Å². The van der Waals surface area contributed by atoms with Gasteiger partial charge in [0.1, 0.15) is 6.61 Å². The fraction of sp³-hybridized carbons (Fsp3) is 0.273. The van der Waals surface area contributed by atoms with Crippen LogP contribution < -0.4 is 9.47 Å². The lowest BCUT2D eigenvalue weighted by Crippen LogP contribution is -1.92. The van der Waals surface area contributed by atoms with Gasteiger partial charge in [-0.3, -0.25) is 0 Å². The first-order valence-electron chi connectivity index (χ1n) is 4.29. The van der Waals surface area contributed by atoms with Crippen molar-refractivity contribution in [3.8, 4) is 11.5 Å². The van der Waals surface area contributed by atoms with E-state index in [4.69, 9.17) is 9.47 Å². The lowest BCUT2D eigenvalue weighted by atomic mass is 10.1. The zero-order valence-electron chi connectivity index (χ0n) is 8.32. The summed E-state index contributed by atoms with van der Waals surface area (Å²) in [6, 6.07) is 5.53. The smallest absolute Gasteiger partial charge is 0.167 e. The second-order valence-corrected chi connectivity index (χ2v) is 2.65. The highest BCUT2D eigenvalue weighted by Gasteiger charge is 2.05. The molecule has 1 radical (unpaired) electrons. The van der Waals surface area contributed by atoms with E-state index in [0.29, 0.717) is 11.5 Å². The van der Waals surface area contributed by atoms with Crippen LogP contribution in [0.3, 0.4) is 0 Å². The topological polar surface area (TPSA) is 38.4 Å². The molecule has 14 heavy (non-hydrogen) atoms. The van der Waals surface area contributed by atoms with Crippen molar-refractivity contribution in [3.05, 3.63) is 29.8 Å². The molecule has 1 aromatic rings. The van der Waals surface area contributed by atoms with Crippen LogP contribution in [0.5, 0.6) is 11.5 Å². The Bertz CT molecular complexity index is 318. The molecule has 0 spiro atoms. The highest BCUT2D eigenvalue weighted by atomic mass is 16.5. The maximum absolute atomic E-state index is 10.3. The number of hydrogen-bond donors (Lipinski definition) is 0. The van der Waals surface area contributed by atoms with E-state index in [2.05, 4.69) is 0 Å². The molecule has 0 aliphatic heterocycles. The predicted molar refractivity (Wildman–Crippen MR) is 54.1 cm³/mol. The van der Waals surface area contributed by atoms with Crippen LogP contribution in [0.1, 0.15) is 5.56 Å². The van der Waals surface area contributed by atoms with Gasteiger partial charge >= 0.3 is 0 Å². The Morgan fingerprint density at radius 3 is 2.64 bits per heavy atom. The van der Waals surface area contributed by atoms with Gasteiger partial charge in [-0.15, -0.1) is 0 Å². The first kappa shape index (κ1) is 10.6. The van der Waals surface area contributed by atoms with Gasteiger partial charge in [0.25, 0.3) is 0 Å². The number of para-hydroxylation sites is 1. The van der Waals surface area contributed by atoms with E-state index >= 15 is 0 Å². The monoisotopic (exact) mass is 193 g/mol. The van der Waals surface area contributed by atoms with Gasteiger partial charge in [0.2, 0.25) is 0 Å². The Morgan fingerprint density at radius 2 is 2.07 bits per heavy atom. The molecule has 1 aromatic carbocycles. The van der Waals surface area contributed by atoms with Gasteiger partial charge < -0.3 is 9.47 Å². The minimum absolute atomic E-state index is 0.236. The summed E-state index contributed by atoms with van der Waals surface area (Å²) < 4.78 is 10.3. The van der Waals surface area contributed by atoms with Crippen molar-refractivity contribution in [1.29, 1.82) is 0 Å². The molecule has 0 fully saturated rings. The Hall–Kier alpha value is -1.48. The van der Waals surface area contributed by atoms with Crippen LogP contribution in [0.15, 0.2) is 24.3 Å². The SMILES string of the molecule is COc1cccc(/C=C/C[O])c1OC. The molecular weight excluding hydrogens is 180 g/mol. The standard InChI is InChI=1S/C11H13O3/c1-13-10-7-3-5-9(6-4-8-12)11(10)14-2/h3-7H,8H2,1-2H3/b6-4+. The zero-order valence-corrected chi connectivity index (χ0v) is 8.32. The molecule has 0 aliphatic carbocycles. The molecule has 0 saturated carbocycles. The molecule has 0 saturated heterocycles. The van der Waals surface area contributed by atoms with E-state index in [0.717, 1.165) is 5.56 Å². The molecule has 0 heterocycles. The third-order valence-electron chi connectivity index (χ3n) is 1.83. The molecule has 0 bridgehead atoms. The minimum Gasteiger partial charge on any atom is -0.493 e. The van der Waals surface area contributed by atoms with E-state index in [9.17, 15) is 5.11 Å². The summed E-state index contributed by atoms with van der Waals surface area (Å²) in [6.45, 7) is -0.236. The van der Waals surface area contributed by atoms with Gasteiger partial charge in [-0.05, 0) is 6.07 Å². The summed E-state index contributed by atoms with van der Waals surface area (Å²) in [5.74, 6) is 1.32. The van der Waals surface area contributed by atoms with Crippen molar-refractivity contribution in [2.75, 3.05) is 20.8 Å². The van der Waals surface area contributed by atoms with Crippen LogP contribution in [-0.2, 0) is 5.11 Å². The Labute approximate surface area is 83.6 Å². The molecular formula is C11H13O3. The van der Waals surface area contributed by atoms with Crippen LogP contribution in [0.25, 0.3) is 6.08 Å². The fourth-order valence-electron chi connectivity index (χ4n) is 1.22. The van der Waals surface area contributed by atoms with Crippen molar-refractivity contribution >= 4 is 6.08 Å². The van der Waals surface area contributed by atoms with Gasteiger partial charge in [0.15, 0.2) is 11.5 Å². The highest BCUT2D eigenvalue weighted by molar-refractivity contribution is 5.62. The van der Waals surface area contributed by atoms with Crippen molar-refractivity contribution in [2.45, 2.75) is 0 Å². The van der Waals surface area contributed by atoms with E-state index < -0.39 is 0 Å². The van der Waals surface area contributed by atoms with E-state index in [-0.39, 0.29) is 6.61 Å². The molecule has 1 rings (SSSR count). The molecule has 0 aliphatic rings. The molecule has 0 atom stereocenters. The van der Waals surface area contributed by atoms with Crippen molar-refractivity contribution in [2.24, 2.45) is 0 Å². The maximum Gasteiger partial charge on any atom is 0.167 e. The van der Waals surface area contributed by atoms with Crippen LogP contribution in [0.2, 0.25) is 0 Å². The van der Waals surface area contributed by atoms with Crippen molar-refractivity contribution in [3.63, 3.8) is 0 Å². The molecule has 0 N–H and O–H groups in total. The largest absolute Gasteiger partial charge is 0.493 e. The Kier molecular flexibility index (Phi) is 4.01. The maximum atomic E-state index is 10.3. The molecule has 0 aromatic heterocycles. The summed E-state index contributed by atoms with van der Waals surface area (Å²) in [5.41, 5.74) is 0.850.